The van der Waals surface area contributed by atoms with Gasteiger partial charge in [-0.05, 0) is 24.4 Å². The maximum atomic E-state index is 13.5. The van der Waals surface area contributed by atoms with Crippen molar-refractivity contribution in [3.63, 3.8) is 0 Å². The van der Waals surface area contributed by atoms with E-state index in [9.17, 15) is 4.79 Å². The monoisotopic (exact) mass is 424 g/mol. The number of hydrogen-bond acceptors (Lipinski definition) is 7. The van der Waals surface area contributed by atoms with Crippen LogP contribution in [0.15, 0.2) is 40.8 Å². The molecule has 1 aliphatic rings. The molecule has 0 N–H and O–H groups in total. The zero-order valence-corrected chi connectivity index (χ0v) is 18.2. The Hall–Kier alpha value is -3.04. The Morgan fingerprint density at radius 3 is 2.68 bits per heavy atom. The number of benzene rings is 1. The molecule has 9 heteroatoms. The SMILES string of the molecule is CCN(CC)Cc1cc(C(=O)N2CCOC(c3nnn(C)n3)C2)c(-c2ccccc2)o1. The molecule has 3 heterocycles. The highest BCUT2D eigenvalue weighted by molar-refractivity contribution is 6.00. The van der Waals surface area contributed by atoms with E-state index < -0.39 is 6.10 Å². The van der Waals surface area contributed by atoms with Crippen LogP contribution in [0, 0.1) is 0 Å². The van der Waals surface area contributed by atoms with Crippen molar-refractivity contribution in [2.24, 2.45) is 7.05 Å². The van der Waals surface area contributed by atoms with Crippen LogP contribution in [0.5, 0.6) is 0 Å². The number of carbonyl (C=O) groups excluding carboxylic acids is 1. The topological polar surface area (TPSA) is 89.5 Å². The highest BCUT2D eigenvalue weighted by atomic mass is 16.5. The maximum Gasteiger partial charge on any atom is 0.257 e. The normalized spacial score (nSPS) is 16.8. The van der Waals surface area contributed by atoms with E-state index in [1.54, 1.807) is 11.9 Å². The number of amides is 1. The molecule has 1 fully saturated rings. The second kappa shape index (κ2) is 9.40. The highest BCUT2D eigenvalue weighted by Gasteiger charge is 2.31. The number of aromatic nitrogens is 4. The summed E-state index contributed by atoms with van der Waals surface area (Å²) in [5.41, 5.74) is 1.46. The number of carbonyl (C=O) groups is 1. The fourth-order valence-electron chi connectivity index (χ4n) is 3.74. The van der Waals surface area contributed by atoms with Crippen molar-refractivity contribution in [2.45, 2.75) is 26.5 Å². The van der Waals surface area contributed by atoms with Crippen molar-refractivity contribution in [2.75, 3.05) is 32.8 Å². The fraction of sp³-hybridized carbons (Fsp3) is 0.455. The van der Waals surface area contributed by atoms with Crippen LogP contribution < -0.4 is 0 Å². The molecule has 3 aromatic rings. The lowest BCUT2D eigenvalue weighted by atomic mass is 10.1. The molecule has 0 aliphatic carbocycles. The number of ether oxygens (including phenoxy) is 1. The number of furan rings is 1. The highest BCUT2D eigenvalue weighted by Crippen LogP contribution is 2.30. The van der Waals surface area contributed by atoms with Crippen molar-refractivity contribution in [1.82, 2.24) is 30.0 Å². The summed E-state index contributed by atoms with van der Waals surface area (Å²) in [6.07, 6.45) is -0.395. The van der Waals surface area contributed by atoms with E-state index in [0.717, 1.165) is 24.4 Å². The third-order valence-electron chi connectivity index (χ3n) is 5.49. The molecular formula is C22H28N6O3. The summed E-state index contributed by atoms with van der Waals surface area (Å²) in [7, 11) is 1.71. The van der Waals surface area contributed by atoms with Gasteiger partial charge in [0.15, 0.2) is 0 Å². The van der Waals surface area contributed by atoms with Crippen LogP contribution in [-0.4, -0.2) is 68.7 Å². The Bertz CT molecular complexity index is 1010. The van der Waals surface area contributed by atoms with Crippen LogP contribution in [0.1, 0.15) is 41.9 Å². The van der Waals surface area contributed by atoms with E-state index in [1.165, 1.54) is 4.80 Å². The number of nitrogens with zero attached hydrogens (tertiary/aromatic N) is 6. The predicted octanol–water partition coefficient (Wildman–Crippen LogP) is 2.53. The minimum Gasteiger partial charge on any atom is -0.459 e. The molecule has 31 heavy (non-hydrogen) atoms. The van der Waals surface area contributed by atoms with Gasteiger partial charge in [-0.25, -0.2) is 0 Å². The Morgan fingerprint density at radius 1 is 1.23 bits per heavy atom. The third-order valence-corrected chi connectivity index (χ3v) is 5.49. The minimum absolute atomic E-state index is 0.0782. The van der Waals surface area contributed by atoms with Gasteiger partial charge in [-0.2, -0.15) is 4.80 Å². The Labute approximate surface area is 181 Å². The molecule has 0 radical (unpaired) electrons. The van der Waals surface area contributed by atoms with E-state index in [4.69, 9.17) is 9.15 Å². The zero-order valence-electron chi connectivity index (χ0n) is 18.2. The molecule has 1 saturated heterocycles. The molecule has 0 bridgehead atoms. The molecule has 0 saturated carbocycles. The van der Waals surface area contributed by atoms with Crippen LogP contribution in [0.2, 0.25) is 0 Å². The van der Waals surface area contributed by atoms with Crippen LogP contribution in [0.3, 0.4) is 0 Å². The molecule has 4 rings (SSSR count). The first kappa shape index (κ1) is 21.2. The number of rotatable bonds is 7. The van der Waals surface area contributed by atoms with Crippen molar-refractivity contribution in [3.05, 3.63) is 53.5 Å². The van der Waals surface area contributed by atoms with Gasteiger partial charge in [0.1, 0.15) is 17.6 Å². The number of hydrogen-bond donors (Lipinski definition) is 0. The van der Waals surface area contributed by atoms with Crippen LogP contribution in [-0.2, 0) is 18.3 Å². The van der Waals surface area contributed by atoms with E-state index >= 15 is 0 Å². The van der Waals surface area contributed by atoms with Crippen molar-refractivity contribution >= 4 is 5.91 Å². The molecule has 1 aliphatic heterocycles. The Morgan fingerprint density at radius 2 is 2.00 bits per heavy atom. The molecule has 164 valence electrons. The first-order chi connectivity index (χ1) is 15.1. The fourth-order valence-corrected chi connectivity index (χ4v) is 3.74. The largest absolute Gasteiger partial charge is 0.459 e. The summed E-state index contributed by atoms with van der Waals surface area (Å²) in [5, 5.41) is 12.1. The molecule has 9 nitrogen and oxygen atoms in total. The summed E-state index contributed by atoms with van der Waals surface area (Å²) in [6.45, 7) is 8.01. The molecule has 1 unspecified atom stereocenters. The summed E-state index contributed by atoms with van der Waals surface area (Å²) in [5.74, 6) is 1.79. The lowest BCUT2D eigenvalue weighted by Gasteiger charge is -2.31. The van der Waals surface area contributed by atoms with Gasteiger partial charge in [0.05, 0.1) is 32.3 Å². The Balaban J connectivity index is 1.62. The first-order valence-corrected chi connectivity index (χ1v) is 10.6. The number of tetrazole rings is 1. The smallest absolute Gasteiger partial charge is 0.257 e. The predicted molar refractivity (Wildman–Crippen MR) is 114 cm³/mol. The standard InChI is InChI=1S/C22H28N6O3/c1-4-27(5-2)14-17-13-18(20(31-17)16-9-7-6-8-10-16)22(29)28-11-12-30-19(15-28)21-23-25-26(3)24-21/h6-10,13,19H,4-5,11-12,14-15H2,1-3H3. The quantitative estimate of drug-likeness (QED) is 0.576. The summed E-state index contributed by atoms with van der Waals surface area (Å²) in [6, 6.07) is 11.6. The lowest BCUT2D eigenvalue weighted by Crippen LogP contribution is -2.42. The molecule has 1 amide bonds. The van der Waals surface area contributed by atoms with E-state index in [2.05, 4.69) is 34.2 Å². The van der Waals surface area contributed by atoms with Crippen LogP contribution >= 0.6 is 0 Å². The van der Waals surface area contributed by atoms with Gasteiger partial charge in [-0.15, -0.1) is 10.2 Å². The lowest BCUT2D eigenvalue weighted by molar-refractivity contribution is -0.0269. The van der Waals surface area contributed by atoms with Gasteiger partial charge in [-0.3, -0.25) is 9.69 Å². The average molecular weight is 425 g/mol. The van der Waals surface area contributed by atoms with Crippen LogP contribution in [0.25, 0.3) is 11.3 Å². The van der Waals surface area contributed by atoms with E-state index in [-0.39, 0.29) is 5.91 Å². The molecule has 1 atom stereocenters. The van der Waals surface area contributed by atoms with Gasteiger partial charge in [-0.1, -0.05) is 44.2 Å². The zero-order chi connectivity index (χ0) is 21.8. The van der Waals surface area contributed by atoms with E-state index in [1.807, 2.05) is 36.4 Å². The van der Waals surface area contributed by atoms with Crippen molar-refractivity contribution < 1.29 is 13.9 Å². The summed E-state index contributed by atoms with van der Waals surface area (Å²) >= 11 is 0. The molecular weight excluding hydrogens is 396 g/mol. The summed E-state index contributed by atoms with van der Waals surface area (Å²) < 4.78 is 12.0. The van der Waals surface area contributed by atoms with Gasteiger partial charge in [0.25, 0.3) is 5.91 Å². The van der Waals surface area contributed by atoms with Crippen molar-refractivity contribution in [1.29, 1.82) is 0 Å². The molecule has 0 spiro atoms. The molecule has 1 aromatic carbocycles. The van der Waals surface area contributed by atoms with Gasteiger partial charge >= 0.3 is 0 Å². The molecule has 2 aromatic heterocycles. The van der Waals surface area contributed by atoms with Crippen LogP contribution in [0.4, 0.5) is 0 Å². The third kappa shape index (κ3) is 4.67. The number of aryl methyl sites for hydroxylation is 1. The maximum absolute atomic E-state index is 13.5. The Kier molecular flexibility index (Phi) is 6.43. The number of morpholine rings is 1. The average Bonchev–Trinajstić information content (AvgIpc) is 3.44. The van der Waals surface area contributed by atoms with Gasteiger partial charge in [0.2, 0.25) is 5.82 Å². The van der Waals surface area contributed by atoms with Gasteiger partial charge < -0.3 is 14.1 Å². The second-order valence-electron chi connectivity index (χ2n) is 7.53. The van der Waals surface area contributed by atoms with E-state index in [0.29, 0.717) is 43.4 Å². The summed E-state index contributed by atoms with van der Waals surface area (Å²) in [4.78, 5) is 19.0. The van der Waals surface area contributed by atoms with Gasteiger partial charge in [0, 0.05) is 12.1 Å². The minimum atomic E-state index is -0.395. The van der Waals surface area contributed by atoms with Crippen molar-refractivity contribution in [3.8, 4) is 11.3 Å². The first-order valence-electron chi connectivity index (χ1n) is 10.6. The second-order valence-corrected chi connectivity index (χ2v) is 7.53.